The number of rotatable bonds is 5. The molecule has 3 N–H and O–H groups in total. The molecule has 1 aromatic heterocycles. The minimum absolute atomic E-state index is 0.00604. The molecule has 1 aliphatic rings. The molecule has 1 amide bonds. The third-order valence-electron chi connectivity index (χ3n) is 5.00. The molecule has 0 bridgehead atoms. The molecule has 3 rings (SSSR count). The first-order valence-electron chi connectivity index (χ1n) is 9.19. The summed E-state index contributed by atoms with van der Waals surface area (Å²) >= 11 is 0. The number of nitrogens with two attached hydrogens (primary N) is 1. The lowest BCUT2D eigenvalue weighted by molar-refractivity contribution is -0.129. The van der Waals surface area contributed by atoms with Crippen LogP contribution in [0.5, 0.6) is 0 Å². The fraction of sp³-hybridized carbons (Fsp3) is 0.350. The fourth-order valence-electron chi connectivity index (χ4n) is 3.52. The van der Waals surface area contributed by atoms with Crippen molar-refractivity contribution in [2.45, 2.75) is 26.3 Å². The third kappa shape index (κ3) is 4.13. The molecule has 0 aliphatic carbocycles. The Kier molecular flexibility index (Phi) is 5.95. The van der Waals surface area contributed by atoms with Crippen molar-refractivity contribution in [1.29, 1.82) is 0 Å². The Morgan fingerprint density at radius 3 is 2.79 bits per heavy atom. The van der Waals surface area contributed by atoms with E-state index in [-0.39, 0.29) is 11.5 Å². The number of hydrogen-bond donors (Lipinski definition) is 2. The summed E-state index contributed by atoms with van der Waals surface area (Å²) in [7, 11) is 3.39. The van der Waals surface area contributed by atoms with Gasteiger partial charge >= 0.3 is 0 Å². The van der Waals surface area contributed by atoms with Gasteiger partial charge in [-0.3, -0.25) is 14.5 Å². The maximum Gasteiger partial charge on any atom is 0.264 e. The Labute approximate surface area is 167 Å². The molecular weight excluding hydrogens is 378 g/mol. The number of allylic oxidation sites excluding steroid dienone is 1. The summed E-state index contributed by atoms with van der Waals surface area (Å²) in [6.07, 6.45) is 0.715. The number of amides is 1. The lowest BCUT2D eigenvalue weighted by Crippen LogP contribution is -2.34. The van der Waals surface area contributed by atoms with Crippen LogP contribution >= 0.6 is 0 Å². The molecule has 29 heavy (non-hydrogen) atoms. The zero-order valence-electron chi connectivity index (χ0n) is 16.6. The number of hydrogen-bond acceptors (Lipinski definition) is 5. The van der Waals surface area contributed by atoms with Gasteiger partial charge in [-0.1, -0.05) is 6.07 Å². The van der Waals surface area contributed by atoms with Gasteiger partial charge in [0.1, 0.15) is 0 Å². The van der Waals surface area contributed by atoms with Gasteiger partial charge in [0.25, 0.3) is 6.43 Å². The molecule has 0 saturated heterocycles. The number of alkyl halides is 2. The standard InChI is InChI=1S/C20H24F2N6O/c1-12(29)28-7-6-18-17(11-28)20(26-27(18)3)25-14-4-5-15(13(9-23)10-24-2)16(8-14)19(21)22/h4-5,8-10,19H,6-7,11,23H2,1-3H3,(H,25,26)/b13-9+,24-10?. The first-order valence-corrected chi connectivity index (χ1v) is 9.19. The molecule has 7 nitrogen and oxygen atoms in total. The van der Waals surface area contributed by atoms with E-state index < -0.39 is 6.43 Å². The predicted octanol–water partition coefficient (Wildman–Crippen LogP) is 3.01. The van der Waals surface area contributed by atoms with Crippen molar-refractivity contribution in [3.05, 3.63) is 46.8 Å². The van der Waals surface area contributed by atoms with E-state index in [1.54, 1.807) is 28.8 Å². The Morgan fingerprint density at radius 1 is 1.41 bits per heavy atom. The topological polar surface area (TPSA) is 88.5 Å². The highest BCUT2D eigenvalue weighted by Gasteiger charge is 2.25. The molecule has 2 heterocycles. The molecule has 9 heteroatoms. The Morgan fingerprint density at radius 2 is 2.17 bits per heavy atom. The van der Waals surface area contributed by atoms with E-state index in [0.717, 1.165) is 11.3 Å². The first kappa shape index (κ1) is 20.5. The van der Waals surface area contributed by atoms with Crippen LogP contribution in [-0.2, 0) is 24.8 Å². The molecule has 0 spiro atoms. The molecular formula is C20H24F2N6O. The van der Waals surface area contributed by atoms with Crippen molar-refractivity contribution in [3.63, 3.8) is 0 Å². The minimum Gasteiger partial charge on any atom is -0.404 e. The maximum atomic E-state index is 13.7. The van der Waals surface area contributed by atoms with Gasteiger partial charge in [0, 0.05) is 74.5 Å². The summed E-state index contributed by atoms with van der Waals surface area (Å²) in [6.45, 7) is 2.61. The lowest BCUT2D eigenvalue weighted by Gasteiger charge is -2.26. The summed E-state index contributed by atoms with van der Waals surface area (Å²) in [5.41, 5.74) is 8.58. The zero-order chi connectivity index (χ0) is 21.1. The van der Waals surface area contributed by atoms with E-state index in [1.165, 1.54) is 25.4 Å². The maximum absolute atomic E-state index is 13.7. The number of fused-ring (bicyclic) bond motifs is 1. The summed E-state index contributed by atoms with van der Waals surface area (Å²) in [6, 6.07) is 4.67. The minimum atomic E-state index is -2.68. The van der Waals surface area contributed by atoms with Crippen molar-refractivity contribution in [3.8, 4) is 0 Å². The number of anilines is 2. The van der Waals surface area contributed by atoms with Crippen LogP contribution in [0.1, 0.15) is 35.7 Å². The van der Waals surface area contributed by atoms with Crippen molar-refractivity contribution in [2.75, 3.05) is 18.9 Å². The van der Waals surface area contributed by atoms with Crippen molar-refractivity contribution in [2.24, 2.45) is 17.8 Å². The van der Waals surface area contributed by atoms with Crippen molar-refractivity contribution >= 4 is 29.2 Å². The van der Waals surface area contributed by atoms with Gasteiger partial charge in [0.05, 0.1) is 6.54 Å². The Bertz CT molecular complexity index is 980. The second-order valence-electron chi connectivity index (χ2n) is 6.83. The molecule has 0 saturated carbocycles. The van der Waals surface area contributed by atoms with E-state index in [9.17, 15) is 13.6 Å². The molecule has 0 radical (unpaired) electrons. The molecule has 0 fully saturated rings. The van der Waals surface area contributed by atoms with Gasteiger partial charge in [-0.05, 0) is 17.7 Å². The second kappa shape index (κ2) is 8.42. The highest BCUT2D eigenvalue weighted by molar-refractivity contribution is 6.10. The highest BCUT2D eigenvalue weighted by atomic mass is 19.3. The largest absolute Gasteiger partial charge is 0.404 e. The zero-order valence-corrected chi connectivity index (χ0v) is 16.6. The SMILES string of the molecule is CN=C/C(=C\N)c1ccc(Nc2nn(C)c3c2CN(C(C)=O)CC3)cc1C(F)F. The number of aliphatic imine (C=N–C) groups is 1. The number of benzene rings is 1. The van der Waals surface area contributed by atoms with Crippen molar-refractivity contribution < 1.29 is 13.6 Å². The average Bonchev–Trinajstić information content (AvgIpc) is 3.01. The van der Waals surface area contributed by atoms with Crippen LogP contribution in [0.15, 0.2) is 29.4 Å². The van der Waals surface area contributed by atoms with Crippen LogP contribution in [0, 0.1) is 0 Å². The quantitative estimate of drug-likeness (QED) is 0.753. The Hall–Kier alpha value is -3.23. The van der Waals surface area contributed by atoms with Gasteiger partial charge in [0.2, 0.25) is 5.91 Å². The van der Waals surface area contributed by atoms with E-state index >= 15 is 0 Å². The predicted molar refractivity (Wildman–Crippen MR) is 109 cm³/mol. The number of nitrogens with zero attached hydrogens (tertiary/aromatic N) is 4. The van der Waals surface area contributed by atoms with Crippen LogP contribution in [0.25, 0.3) is 5.57 Å². The normalized spacial score (nSPS) is 14.6. The van der Waals surface area contributed by atoms with E-state index in [1.807, 2.05) is 7.05 Å². The monoisotopic (exact) mass is 402 g/mol. The van der Waals surface area contributed by atoms with Gasteiger partial charge in [-0.15, -0.1) is 0 Å². The molecule has 0 atom stereocenters. The number of aromatic nitrogens is 2. The second-order valence-corrected chi connectivity index (χ2v) is 6.83. The number of carbonyl (C=O) groups is 1. The van der Waals surface area contributed by atoms with Crippen LogP contribution in [0.2, 0.25) is 0 Å². The number of nitrogens with one attached hydrogen (secondary N) is 1. The molecule has 0 unspecified atom stereocenters. The molecule has 1 aliphatic heterocycles. The fourth-order valence-corrected chi connectivity index (χ4v) is 3.52. The molecule has 2 aromatic rings. The highest BCUT2D eigenvalue weighted by Crippen LogP contribution is 2.33. The van der Waals surface area contributed by atoms with E-state index in [4.69, 9.17) is 5.73 Å². The van der Waals surface area contributed by atoms with Crippen molar-refractivity contribution in [1.82, 2.24) is 14.7 Å². The third-order valence-corrected chi connectivity index (χ3v) is 5.00. The number of halogens is 2. The van der Waals surface area contributed by atoms with Crippen LogP contribution in [0.4, 0.5) is 20.3 Å². The van der Waals surface area contributed by atoms with Gasteiger partial charge in [0.15, 0.2) is 5.82 Å². The van der Waals surface area contributed by atoms with Crippen LogP contribution in [0.3, 0.4) is 0 Å². The Balaban J connectivity index is 1.96. The average molecular weight is 402 g/mol. The number of aryl methyl sites for hydroxylation is 1. The van der Waals surface area contributed by atoms with Gasteiger partial charge < -0.3 is 16.0 Å². The number of carbonyl (C=O) groups excluding carboxylic acids is 1. The summed E-state index contributed by atoms with van der Waals surface area (Å²) in [4.78, 5) is 17.4. The van der Waals surface area contributed by atoms with Gasteiger partial charge in [-0.2, -0.15) is 5.10 Å². The summed E-state index contributed by atoms with van der Waals surface area (Å²) in [5.74, 6) is 0.555. The van der Waals surface area contributed by atoms with Gasteiger partial charge in [-0.25, -0.2) is 8.78 Å². The van der Waals surface area contributed by atoms with Crippen LogP contribution < -0.4 is 11.1 Å². The molecule has 1 aromatic carbocycles. The smallest absolute Gasteiger partial charge is 0.264 e. The van der Waals surface area contributed by atoms with Crippen LogP contribution in [-0.4, -0.2) is 40.4 Å². The van der Waals surface area contributed by atoms with E-state index in [2.05, 4.69) is 15.4 Å². The summed E-state index contributed by atoms with van der Waals surface area (Å²) in [5, 5.41) is 7.62. The lowest BCUT2D eigenvalue weighted by atomic mass is 10.00. The molecule has 154 valence electrons. The first-order chi connectivity index (χ1) is 13.8. The summed E-state index contributed by atoms with van der Waals surface area (Å²) < 4.78 is 29.2. The van der Waals surface area contributed by atoms with E-state index in [0.29, 0.717) is 42.2 Å².